The van der Waals surface area contributed by atoms with Crippen LogP contribution in [-0.2, 0) is 0 Å². The summed E-state index contributed by atoms with van der Waals surface area (Å²) in [7, 11) is 0. The molecule has 1 atom stereocenters. The van der Waals surface area contributed by atoms with E-state index in [9.17, 15) is 9.50 Å². The molecule has 4 rings (SSSR count). The number of hydrogen-bond acceptors (Lipinski definition) is 6. The molecule has 6 nitrogen and oxygen atoms in total. The zero-order valence-electron chi connectivity index (χ0n) is 13.5. The maximum Gasteiger partial charge on any atom is 0.236 e. The molecule has 0 spiro atoms. The number of aromatic hydroxyl groups is 1. The molecule has 2 heterocycles. The fourth-order valence-electron chi connectivity index (χ4n) is 2.56. The summed E-state index contributed by atoms with van der Waals surface area (Å²) >= 11 is 7.13. The molecule has 0 bridgehead atoms. The van der Waals surface area contributed by atoms with Gasteiger partial charge in [0, 0.05) is 11.6 Å². The van der Waals surface area contributed by atoms with Gasteiger partial charge in [-0.3, -0.25) is 0 Å². The van der Waals surface area contributed by atoms with Crippen molar-refractivity contribution < 1.29 is 9.50 Å². The zero-order chi connectivity index (χ0) is 18.3. The number of nitrogens with zero attached hydrogens (tertiary/aromatic N) is 4. The Kier molecular flexibility index (Phi) is 4.21. The van der Waals surface area contributed by atoms with Gasteiger partial charge < -0.3 is 10.4 Å². The van der Waals surface area contributed by atoms with E-state index in [1.54, 1.807) is 22.7 Å². The SMILES string of the molecule is C[C@H](c1ccc(O)cc1)c1nnc2sc(Nc3ccc(F)c(Cl)c3)nn12. The van der Waals surface area contributed by atoms with Gasteiger partial charge in [0.05, 0.1) is 5.02 Å². The fourth-order valence-corrected chi connectivity index (χ4v) is 3.51. The number of rotatable bonds is 4. The van der Waals surface area contributed by atoms with Crippen LogP contribution in [0.25, 0.3) is 4.96 Å². The summed E-state index contributed by atoms with van der Waals surface area (Å²) in [6.45, 7) is 2.00. The Morgan fingerprint density at radius 2 is 1.96 bits per heavy atom. The van der Waals surface area contributed by atoms with Crippen molar-refractivity contribution in [3.05, 3.63) is 64.7 Å². The highest BCUT2D eigenvalue weighted by Crippen LogP contribution is 2.29. The monoisotopic (exact) mass is 389 g/mol. The number of phenols is 1. The lowest BCUT2D eigenvalue weighted by Gasteiger charge is -2.08. The van der Waals surface area contributed by atoms with Crippen LogP contribution in [-0.4, -0.2) is 24.9 Å². The van der Waals surface area contributed by atoms with Crippen molar-refractivity contribution in [2.75, 3.05) is 5.32 Å². The molecule has 0 radical (unpaired) electrons. The summed E-state index contributed by atoms with van der Waals surface area (Å²) in [6, 6.07) is 11.3. The van der Waals surface area contributed by atoms with Crippen LogP contribution in [0.5, 0.6) is 5.75 Å². The average Bonchev–Trinajstić information content (AvgIpc) is 3.18. The third kappa shape index (κ3) is 3.09. The molecule has 2 N–H and O–H groups in total. The van der Waals surface area contributed by atoms with E-state index in [-0.39, 0.29) is 16.7 Å². The lowest BCUT2D eigenvalue weighted by molar-refractivity contribution is 0.475. The van der Waals surface area contributed by atoms with Gasteiger partial charge in [0.1, 0.15) is 11.6 Å². The minimum atomic E-state index is -0.472. The van der Waals surface area contributed by atoms with Crippen LogP contribution in [0.1, 0.15) is 24.2 Å². The minimum Gasteiger partial charge on any atom is -0.508 e. The molecule has 9 heteroatoms. The predicted molar refractivity (Wildman–Crippen MR) is 99.0 cm³/mol. The van der Waals surface area contributed by atoms with Crippen molar-refractivity contribution in [2.45, 2.75) is 12.8 Å². The van der Waals surface area contributed by atoms with Crippen molar-refractivity contribution in [3.8, 4) is 5.75 Å². The Hall–Kier alpha value is -2.71. The standard InChI is InChI=1S/C17H13ClFN5OS/c1-9(10-2-5-12(25)6-3-10)15-21-22-17-24(15)23-16(26-17)20-11-4-7-14(19)13(18)8-11/h2-9,25H,1H3,(H,20,23)/t9-/m1/s1. The Balaban J connectivity index is 1.64. The lowest BCUT2D eigenvalue weighted by Crippen LogP contribution is -2.03. The van der Waals surface area contributed by atoms with Crippen LogP contribution in [0.4, 0.5) is 15.2 Å². The number of phenolic OH excluding ortho intramolecular Hbond substituents is 1. The number of anilines is 2. The molecule has 0 unspecified atom stereocenters. The van der Waals surface area contributed by atoms with Gasteiger partial charge in [-0.2, -0.15) is 4.52 Å². The maximum absolute atomic E-state index is 13.3. The van der Waals surface area contributed by atoms with E-state index in [1.807, 2.05) is 19.1 Å². The first-order valence-corrected chi connectivity index (χ1v) is 8.94. The summed E-state index contributed by atoms with van der Waals surface area (Å²) in [5, 5.41) is 26.1. The number of hydrogen-bond donors (Lipinski definition) is 2. The highest BCUT2D eigenvalue weighted by molar-refractivity contribution is 7.20. The van der Waals surface area contributed by atoms with Gasteiger partial charge in [0.2, 0.25) is 10.1 Å². The van der Waals surface area contributed by atoms with Crippen molar-refractivity contribution in [3.63, 3.8) is 0 Å². The van der Waals surface area contributed by atoms with Crippen molar-refractivity contribution in [1.82, 2.24) is 19.8 Å². The third-order valence-corrected chi connectivity index (χ3v) is 5.07. The molecule has 0 fully saturated rings. The third-order valence-electron chi connectivity index (χ3n) is 3.97. The Bertz CT molecular complexity index is 1080. The number of aromatic nitrogens is 4. The van der Waals surface area contributed by atoms with E-state index in [1.165, 1.54) is 23.5 Å². The molecule has 0 aliphatic carbocycles. The first-order valence-electron chi connectivity index (χ1n) is 7.74. The van der Waals surface area contributed by atoms with Gasteiger partial charge in [-0.25, -0.2) is 4.39 Å². The molecule has 4 aromatic rings. The van der Waals surface area contributed by atoms with E-state index >= 15 is 0 Å². The van der Waals surface area contributed by atoms with Crippen LogP contribution in [0, 0.1) is 5.82 Å². The first kappa shape index (κ1) is 16.7. The molecule has 2 aromatic heterocycles. The Morgan fingerprint density at radius 1 is 1.19 bits per heavy atom. The molecule has 0 aliphatic heterocycles. The smallest absolute Gasteiger partial charge is 0.236 e. The van der Waals surface area contributed by atoms with Crippen LogP contribution < -0.4 is 5.32 Å². The number of benzene rings is 2. The Labute approximate surface area is 156 Å². The van der Waals surface area contributed by atoms with Gasteiger partial charge in [-0.15, -0.1) is 15.3 Å². The molecule has 0 saturated carbocycles. The zero-order valence-corrected chi connectivity index (χ0v) is 15.1. The van der Waals surface area contributed by atoms with Crippen LogP contribution in [0.3, 0.4) is 0 Å². The second-order valence-corrected chi connectivity index (χ2v) is 7.09. The highest BCUT2D eigenvalue weighted by atomic mass is 35.5. The molecule has 0 aliphatic rings. The lowest BCUT2D eigenvalue weighted by atomic mass is 10.0. The second-order valence-electron chi connectivity index (χ2n) is 5.73. The summed E-state index contributed by atoms with van der Waals surface area (Å²) in [6.07, 6.45) is 0. The molecular formula is C17H13ClFN5OS. The normalized spacial score (nSPS) is 12.4. The second kappa shape index (κ2) is 6.54. The van der Waals surface area contributed by atoms with Crippen LogP contribution >= 0.6 is 22.9 Å². The van der Waals surface area contributed by atoms with E-state index in [4.69, 9.17) is 11.6 Å². The summed E-state index contributed by atoms with van der Waals surface area (Å²) < 4.78 is 14.9. The van der Waals surface area contributed by atoms with Gasteiger partial charge in [-0.05, 0) is 35.9 Å². The minimum absolute atomic E-state index is 0.0413. The van der Waals surface area contributed by atoms with Crippen molar-refractivity contribution in [2.24, 2.45) is 0 Å². The molecule has 26 heavy (non-hydrogen) atoms. The van der Waals surface area contributed by atoms with Crippen LogP contribution in [0.2, 0.25) is 5.02 Å². The van der Waals surface area contributed by atoms with Crippen molar-refractivity contribution >= 4 is 38.7 Å². The van der Waals surface area contributed by atoms with Gasteiger partial charge in [0.15, 0.2) is 5.82 Å². The summed E-state index contributed by atoms with van der Waals surface area (Å²) in [4.78, 5) is 0.640. The van der Waals surface area contributed by atoms with E-state index in [0.29, 0.717) is 21.6 Å². The topological polar surface area (TPSA) is 75.3 Å². The largest absolute Gasteiger partial charge is 0.508 e. The average molecular weight is 390 g/mol. The highest BCUT2D eigenvalue weighted by Gasteiger charge is 2.19. The maximum atomic E-state index is 13.3. The summed E-state index contributed by atoms with van der Waals surface area (Å²) in [5.41, 5.74) is 1.62. The predicted octanol–water partition coefficient (Wildman–Crippen LogP) is 4.58. The van der Waals surface area contributed by atoms with E-state index < -0.39 is 5.82 Å². The Morgan fingerprint density at radius 3 is 2.69 bits per heavy atom. The quantitative estimate of drug-likeness (QED) is 0.534. The molecule has 2 aromatic carbocycles. The molecule has 132 valence electrons. The summed E-state index contributed by atoms with van der Waals surface area (Å²) in [5.74, 6) is 0.374. The molecule has 0 amide bonds. The van der Waals surface area contributed by atoms with E-state index in [0.717, 1.165) is 5.56 Å². The number of fused-ring (bicyclic) bond motifs is 1. The first-order chi connectivity index (χ1) is 12.5. The van der Waals surface area contributed by atoms with Gasteiger partial charge in [-0.1, -0.05) is 42.0 Å². The van der Waals surface area contributed by atoms with Crippen LogP contribution in [0.15, 0.2) is 42.5 Å². The van der Waals surface area contributed by atoms with Crippen molar-refractivity contribution in [1.29, 1.82) is 0 Å². The van der Waals surface area contributed by atoms with Gasteiger partial charge in [0.25, 0.3) is 0 Å². The number of halogens is 2. The van der Waals surface area contributed by atoms with Gasteiger partial charge >= 0.3 is 0 Å². The number of nitrogens with one attached hydrogen (secondary N) is 1. The molecule has 0 saturated heterocycles. The van der Waals surface area contributed by atoms with E-state index in [2.05, 4.69) is 20.6 Å². The molecular weight excluding hydrogens is 377 g/mol. The fraction of sp³-hybridized carbons (Fsp3) is 0.118.